The summed E-state index contributed by atoms with van der Waals surface area (Å²) in [7, 11) is 0. The number of urea groups is 1. The number of rotatable bonds is 6. The lowest BCUT2D eigenvalue weighted by Crippen LogP contribution is -2.38. The molecular weight excluding hydrogens is 492 g/mol. The first-order chi connectivity index (χ1) is 15.4. The summed E-state index contributed by atoms with van der Waals surface area (Å²) in [6.07, 6.45) is 3.64. The van der Waals surface area contributed by atoms with Crippen molar-refractivity contribution in [3.63, 3.8) is 0 Å². The van der Waals surface area contributed by atoms with Gasteiger partial charge in [0, 0.05) is 16.0 Å². The Labute approximate surface area is 199 Å². The van der Waals surface area contributed by atoms with Gasteiger partial charge >= 0.3 is 6.03 Å². The number of nitrogens with one attached hydrogen (secondary N) is 2. The van der Waals surface area contributed by atoms with Crippen molar-refractivity contribution in [2.45, 2.75) is 37.8 Å². The van der Waals surface area contributed by atoms with Crippen molar-refractivity contribution in [3.8, 4) is 11.3 Å². The van der Waals surface area contributed by atoms with Crippen LogP contribution in [0.5, 0.6) is 0 Å². The van der Waals surface area contributed by atoms with Crippen LogP contribution in [-0.2, 0) is 4.79 Å². The second-order valence-corrected chi connectivity index (χ2v) is 9.75. The summed E-state index contributed by atoms with van der Waals surface area (Å²) < 4.78 is 0.881. The van der Waals surface area contributed by atoms with Crippen LogP contribution < -0.4 is 5.32 Å². The van der Waals surface area contributed by atoms with Gasteiger partial charge < -0.3 is 10.3 Å². The van der Waals surface area contributed by atoms with Gasteiger partial charge in [-0.3, -0.25) is 9.69 Å². The Morgan fingerprint density at radius 3 is 2.59 bits per heavy atom. The lowest BCUT2D eigenvalue weighted by molar-refractivity contribution is -0.130. The normalized spacial score (nSPS) is 20.3. The number of amides is 3. The molecule has 3 amide bonds. The molecular formula is C24H22BrClN4O2. The van der Waals surface area contributed by atoms with Crippen LogP contribution in [0.1, 0.15) is 43.1 Å². The zero-order chi connectivity index (χ0) is 22.4. The van der Waals surface area contributed by atoms with Crippen molar-refractivity contribution >= 4 is 39.5 Å². The smallest absolute Gasteiger partial charge is 0.325 e. The number of imidazole rings is 1. The Kier molecular flexibility index (Phi) is 5.55. The number of aromatic nitrogens is 2. The standard InChI is InChI=1S/C24H22BrClN4O2/c1-13(14-5-3-2-4-6-14)21(30-23(31)20(15-7-8-15)29-24(30)32)22-27-12-19(28-22)17-10-9-16(25)11-18(17)26/h2-6,9-13,15,20-21H,7-8H2,1H3,(H,27,28)(H,29,32)/t13-,20-,21+/m1/s1. The molecule has 2 aliphatic rings. The van der Waals surface area contributed by atoms with Gasteiger partial charge in [-0.05, 0) is 36.5 Å². The van der Waals surface area contributed by atoms with E-state index in [1.165, 1.54) is 4.90 Å². The van der Waals surface area contributed by atoms with E-state index in [0.29, 0.717) is 10.8 Å². The fraction of sp³-hybridized carbons (Fsp3) is 0.292. The highest BCUT2D eigenvalue weighted by Gasteiger charge is 2.50. The maximum Gasteiger partial charge on any atom is 0.325 e. The number of carbonyl (C=O) groups excluding carboxylic acids is 2. The minimum Gasteiger partial charge on any atom is -0.340 e. The molecule has 6 nitrogen and oxygen atoms in total. The Hall–Kier alpha value is -2.64. The van der Waals surface area contributed by atoms with Crippen molar-refractivity contribution < 1.29 is 9.59 Å². The lowest BCUT2D eigenvalue weighted by Gasteiger charge is -2.29. The summed E-state index contributed by atoms with van der Waals surface area (Å²) >= 11 is 9.86. The maximum atomic E-state index is 13.3. The molecule has 5 rings (SSSR count). The lowest BCUT2D eigenvalue weighted by atomic mass is 9.91. The monoisotopic (exact) mass is 512 g/mol. The number of carbonyl (C=O) groups is 2. The second-order valence-electron chi connectivity index (χ2n) is 8.42. The molecule has 32 heavy (non-hydrogen) atoms. The van der Waals surface area contributed by atoms with E-state index in [2.05, 4.69) is 31.2 Å². The van der Waals surface area contributed by atoms with Crippen molar-refractivity contribution in [1.29, 1.82) is 0 Å². The summed E-state index contributed by atoms with van der Waals surface area (Å²) in [4.78, 5) is 35.6. The molecule has 0 radical (unpaired) electrons. The van der Waals surface area contributed by atoms with Crippen LogP contribution in [0.3, 0.4) is 0 Å². The number of hydrogen-bond donors (Lipinski definition) is 2. The molecule has 0 spiro atoms. The first kappa shape index (κ1) is 21.2. The van der Waals surface area contributed by atoms with Gasteiger partial charge in [0.2, 0.25) is 0 Å². The predicted octanol–water partition coefficient (Wildman–Crippen LogP) is 5.67. The molecule has 1 saturated carbocycles. The molecule has 2 N–H and O–H groups in total. The Morgan fingerprint density at radius 2 is 1.91 bits per heavy atom. The van der Waals surface area contributed by atoms with Crippen LogP contribution in [0, 0.1) is 5.92 Å². The maximum absolute atomic E-state index is 13.3. The second kappa shape index (κ2) is 8.37. The van der Waals surface area contributed by atoms with E-state index in [1.54, 1.807) is 6.20 Å². The van der Waals surface area contributed by atoms with Crippen molar-refractivity contribution in [2.75, 3.05) is 0 Å². The molecule has 2 aromatic carbocycles. The molecule has 0 unspecified atom stereocenters. The molecule has 8 heteroatoms. The molecule has 1 aliphatic carbocycles. The molecule has 1 aromatic heterocycles. The van der Waals surface area contributed by atoms with E-state index in [9.17, 15) is 9.59 Å². The third-order valence-electron chi connectivity index (χ3n) is 6.27. The van der Waals surface area contributed by atoms with Crippen LogP contribution in [0.2, 0.25) is 5.02 Å². The molecule has 3 aromatic rings. The van der Waals surface area contributed by atoms with Gasteiger partial charge in [0.1, 0.15) is 17.9 Å². The first-order valence-electron chi connectivity index (χ1n) is 10.6. The van der Waals surface area contributed by atoms with E-state index in [1.807, 2.05) is 55.5 Å². The number of H-pyrrole nitrogens is 1. The van der Waals surface area contributed by atoms with Gasteiger partial charge in [-0.2, -0.15) is 0 Å². The SMILES string of the molecule is C[C@H](c1ccccc1)[C@@H](c1ncc(-c2ccc(Br)cc2Cl)[nH]1)N1C(=O)N[C@H](C2CC2)C1=O. The Bertz CT molecular complexity index is 1180. The van der Waals surface area contributed by atoms with Crippen molar-refractivity contribution in [1.82, 2.24) is 20.2 Å². The van der Waals surface area contributed by atoms with E-state index < -0.39 is 12.1 Å². The number of nitrogens with zero attached hydrogens (tertiary/aromatic N) is 2. The molecule has 1 saturated heterocycles. The van der Waals surface area contributed by atoms with Crippen LogP contribution in [0.25, 0.3) is 11.3 Å². The predicted molar refractivity (Wildman–Crippen MR) is 126 cm³/mol. The number of halogens is 2. The number of hydrogen-bond acceptors (Lipinski definition) is 3. The largest absolute Gasteiger partial charge is 0.340 e. The molecule has 1 aliphatic heterocycles. The molecule has 164 valence electrons. The average molecular weight is 514 g/mol. The third kappa shape index (κ3) is 3.84. The Morgan fingerprint density at radius 1 is 1.16 bits per heavy atom. The highest BCUT2D eigenvalue weighted by Crippen LogP contribution is 2.41. The molecule has 2 fully saturated rings. The van der Waals surface area contributed by atoms with Crippen LogP contribution >= 0.6 is 27.5 Å². The quantitative estimate of drug-likeness (QED) is 0.417. The van der Waals surface area contributed by atoms with E-state index >= 15 is 0 Å². The average Bonchev–Trinajstić information content (AvgIpc) is 3.44. The topological polar surface area (TPSA) is 78.1 Å². The molecule has 2 heterocycles. The number of aromatic amines is 1. The van der Waals surface area contributed by atoms with Crippen molar-refractivity contribution in [2.24, 2.45) is 5.92 Å². The summed E-state index contributed by atoms with van der Waals surface area (Å²) in [5, 5.41) is 3.47. The minimum absolute atomic E-state index is 0.164. The zero-order valence-electron chi connectivity index (χ0n) is 17.4. The van der Waals surface area contributed by atoms with Crippen LogP contribution in [-0.4, -0.2) is 32.8 Å². The van der Waals surface area contributed by atoms with Crippen LogP contribution in [0.4, 0.5) is 4.79 Å². The van der Waals surface area contributed by atoms with Gasteiger partial charge in [-0.25, -0.2) is 9.78 Å². The van der Waals surface area contributed by atoms with Gasteiger partial charge in [-0.15, -0.1) is 0 Å². The molecule has 0 bridgehead atoms. The Balaban J connectivity index is 1.55. The van der Waals surface area contributed by atoms with E-state index in [0.717, 1.165) is 34.1 Å². The number of imide groups is 1. The first-order valence-corrected chi connectivity index (χ1v) is 11.8. The third-order valence-corrected chi connectivity index (χ3v) is 7.07. The summed E-state index contributed by atoms with van der Waals surface area (Å²) in [6, 6.07) is 14.1. The van der Waals surface area contributed by atoms with Gasteiger partial charge in [0.15, 0.2) is 0 Å². The van der Waals surface area contributed by atoms with Crippen molar-refractivity contribution in [3.05, 3.63) is 75.6 Å². The van der Waals surface area contributed by atoms with E-state index in [-0.39, 0.29) is 23.8 Å². The summed E-state index contributed by atoms with van der Waals surface area (Å²) in [5.74, 6) is 0.446. The summed E-state index contributed by atoms with van der Waals surface area (Å²) in [6.45, 7) is 2.01. The van der Waals surface area contributed by atoms with Gasteiger partial charge in [-0.1, -0.05) is 70.9 Å². The van der Waals surface area contributed by atoms with Gasteiger partial charge in [0.25, 0.3) is 5.91 Å². The van der Waals surface area contributed by atoms with E-state index in [4.69, 9.17) is 11.6 Å². The minimum atomic E-state index is -0.573. The highest BCUT2D eigenvalue weighted by atomic mass is 79.9. The highest BCUT2D eigenvalue weighted by molar-refractivity contribution is 9.10. The zero-order valence-corrected chi connectivity index (χ0v) is 19.7. The molecule has 3 atom stereocenters. The van der Waals surface area contributed by atoms with Crippen LogP contribution in [0.15, 0.2) is 59.2 Å². The summed E-state index contributed by atoms with van der Waals surface area (Å²) in [5.41, 5.74) is 2.55. The fourth-order valence-corrected chi connectivity index (χ4v) is 5.16. The van der Waals surface area contributed by atoms with Gasteiger partial charge in [0.05, 0.1) is 16.9 Å². The number of benzene rings is 2. The fourth-order valence-electron chi connectivity index (χ4n) is 4.38.